The first-order chi connectivity index (χ1) is 17.9. The SMILES string of the molecule is Cc1cccc(F)c1-n1c(=O)c2cnc(Nc3ccc(N4CCN(C)CC4)c(Cl)c3)nc2c2nccn21. The number of benzene rings is 2. The number of piperazine rings is 1. The van der Waals surface area contributed by atoms with Gasteiger partial charge in [-0.25, -0.2) is 28.5 Å². The van der Waals surface area contributed by atoms with Crippen molar-refractivity contribution in [3.8, 4) is 5.69 Å². The fraction of sp³-hybridized carbons (Fsp3) is 0.231. The van der Waals surface area contributed by atoms with Crippen LogP contribution in [0.25, 0.3) is 22.2 Å². The van der Waals surface area contributed by atoms with E-state index in [0.29, 0.717) is 27.7 Å². The monoisotopic (exact) mass is 518 g/mol. The molecule has 1 fully saturated rings. The third kappa shape index (κ3) is 4.08. The van der Waals surface area contributed by atoms with Gasteiger partial charge in [-0.3, -0.25) is 4.79 Å². The van der Waals surface area contributed by atoms with Crippen LogP contribution in [-0.2, 0) is 0 Å². The van der Waals surface area contributed by atoms with Gasteiger partial charge in [0.1, 0.15) is 17.0 Å². The van der Waals surface area contributed by atoms with Crippen LogP contribution in [0.2, 0.25) is 5.02 Å². The van der Waals surface area contributed by atoms with E-state index < -0.39 is 11.4 Å². The van der Waals surface area contributed by atoms with Crippen LogP contribution in [0.3, 0.4) is 0 Å². The number of hydrogen-bond acceptors (Lipinski definition) is 7. The number of hydrogen-bond donors (Lipinski definition) is 1. The Bertz CT molecular complexity index is 1690. The molecule has 0 radical (unpaired) electrons. The van der Waals surface area contributed by atoms with Crippen molar-refractivity contribution in [1.29, 1.82) is 0 Å². The van der Waals surface area contributed by atoms with E-state index in [0.717, 1.165) is 37.6 Å². The van der Waals surface area contributed by atoms with Gasteiger partial charge >= 0.3 is 0 Å². The van der Waals surface area contributed by atoms with E-state index in [9.17, 15) is 9.18 Å². The summed E-state index contributed by atoms with van der Waals surface area (Å²) in [5.74, 6) is -0.215. The van der Waals surface area contributed by atoms with E-state index >= 15 is 0 Å². The Balaban J connectivity index is 1.38. The quantitative estimate of drug-likeness (QED) is 0.384. The molecule has 2 aromatic carbocycles. The highest BCUT2D eigenvalue weighted by molar-refractivity contribution is 6.33. The Kier molecular flexibility index (Phi) is 5.77. The predicted octanol–water partition coefficient (Wildman–Crippen LogP) is 4.02. The third-order valence-corrected chi connectivity index (χ3v) is 7.01. The summed E-state index contributed by atoms with van der Waals surface area (Å²) >= 11 is 6.62. The van der Waals surface area contributed by atoms with Gasteiger partial charge in [0, 0.05) is 50.5 Å². The molecule has 0 spiro atoms. The first-order valence-corrected chi connectivity index (χ1v) is 12.3. The van der Waals surface area contributed by atoms with Crippen LogP contribution in [0.15, 0.2) is 59.8 Å². The van der Waals surface area contributed by atoms with E-state index in [2.05, 4.69) is 37.1 Å². The summed E-state index contributed by atoms with van der Waals surface area (Å²) in [6, 6.07) is 10.4. The minimum Gasteiger partial charge on any atom is -0.368 e. The van der Waals surface area contributed by atoms with Crippen LogP contribution in [0.4, 0.5) is 21.7 Å². The lowest BCUT2D eigenvalue weighted by Crippen LogP contribution is -2.44. The van der Waals surface area contributed by atoms with Gasteiger partial charge in [-0.15, -0.1) is 0 Å². The predicted molar refractivity (Wildman–Crippen MR) is 143 cm³/mol. The standard InChI is InChI=1S/C26H24ClFN8O/c1-16-4-3-5-20(28)23(16)36-25(37)18-15-30-26(32-22(18)24-29-8-9-35(24)36)31-17-6-7-21(19(27)14-17)34-12-10-33(2)11-13-34/h3-9,14-15H,10-13H2,1-2H3,(H,30,31,32). The fourth-order valence-corrected chi connectivity index (χ4v) is 5.03. The first kappa shape index (κ1) is 23.4. The zero-order chi connectivity index (χ0) is 25.7. The second-order valence-electron chi connectivity index (χ2n) is 9.16. The van der Waals surface area contributed by atoms with E-state index in [-0.39, 0.29) is 11.1 Å². The number of aromatic nitrogens is 5. The topological polar surface area (TPSA) is 83.6 Å². The molecule has 188 valence electrons. The molecule has 0 aliphatic carbocycles. The lowest BCUT2D eigenvalue weighted by molar-refractivity contribution is 0.313. The summed E-state index contributed by atoms with van der Waals surface area (Å²) in [7, 11) is 2.11. The molecular formula is C26H24ClFN8O. The molecule has 1 aliphatic heterocycles. The maximum Gasteiger partial charge on any atom is 0.281 e. The van der Waals surface area contributed by atoms with Crippen LogP contribution in [-0.4, -0.2) is 62.3 Å². The van der Waals surface area contributed by atoms with Crippen LogP contribution >= 0.6 is 11.6 Å². The Morgan fingerprint density at radius 2 is 1.89 bits per heavy atom. The second kappa shape index (κ2) is 9.13. The van der Waals surface area contributed by atoms with Crippen molar-refractivity contribution in [2.45, 2.75) is 6.92 Å². The Labute approximate surface area is 216 Å². The van der Waals surface area contributed by atoms with Gasteiger partial charge in [0.25, 0.3) is 5.56 Å². The number of fused-ring (bicyclic) bond motifs is 3. The van der Waals surface area contributed by atoms with Gasteiger partial charge in [0.15, 0.2) is 5.65 Å². The number of rotatable bonds is 4. The number of anilines is 3. The molecule has 37 heavy (non-hydrogen) atoms. The molecule has 1 saturated heterocycles. The molecule has 4 heterocycles. The Morgan fingerprint density at radius 1 is 1.08 bits per heavy atom. The summed E-state index contributed by atoms with van der Waals surface area (Å²) in [6.07, 6.45) is 4.59. The summed E-state index contributed by atoms with van der Waals surface area (Å²) in [5, 5.41) is 4.04. The van der Waals surface area contributed by atoms with E-state index in [1.807, 2.05) is 18.2 Å². The van der Waals surface area contributed by atoms with Gasteiger partial charge in [0.2, 0.25) is 5.95 Å². The average Bonchev–Trinajstić information content (AvgIpc) is 3.36. The molecule has 0 atom stereocenters. The first-order valence-electron chi connectivity index (χ1n) is 11.9. The molecule has 11 heteroatoms. The Morgan fingerprint density at radius 3 is 2.65 bits per heavy atom. The number of nitrogens with one attached hydrogen (secondary N) is 1. The number of nitrogens with zero attached hydrogens (tertiary/aromatic N) is 7. The van der Waals surface area contributed by atoms with Crippen molar-refractivity contribution in [2.75, 3.05) is 43.4 Å². The van der Waals surface area contributed by atoms with Crippen molar-refractivity contribution < 1.29 is 4.39 Å². The molecule has 9 nitrogen and oxygen atoms in total. The second-order valence-corrected chi connectivity index (χ2v) is 9.56. The lowest BCUT2D eigenvalue weighted by Gasteiger charge is -2.34. The summed E-state index contributed by atoms with van der Waals surface area (Å²) < 4.78 is 17.6. The summed E-state index contributed by atoms with van der Waals surface area (Å²) in [4.78, 5) is 31.4. The van der Waals surface area contributed by atoms with Gasteiger partial charge in [-0.05, 0) is 43.8 Å². The van der Waals surface area contributed by atoms with Crippen LogP contribution < -0.4 is 15.8 Å². The summed E-state index contributed by atoms with van der Waals surface area (Å²) in [5.41, 5.74) is 2.81. The van der Waals surface area contributed by atoms with Crippen molar-refractivity contribution in [3.63, 3.8) is 0 Å². The smallest absolute Gasteiger partial charge is 0.281 e. The number of para-hydroxylation sites is 1. The van der Waals surface area contributed by atoms with Crippen molar-refractivity contribution in [1.82, 2.24) is 29.0 Å². The minimum absolute atomic E-state index is 0.162. The number of imidazole rings is 1. The minimum atomic E-state index is -0.507. The highest BCUT2D eigenvalue weighted by Crippen LogP contribution is 2.30. The van der Waals surface area contributed by atoms with Crippen molar-refractivity contribution >= 4 is 45.5 Å². The summed E-state index contributed by atoms with van der Waals surface area (Å²) in [6.45, 7) is 5.56. The largest absolute Gasteiger partial charge is 0.368 e. The van der Waals surface area contributed by atoms with Crippen molar-refractivity contribution in [3.05, 3.63) is 81.7 Å². The highest BCUT2D eigenvalue weighted by atomic mass is 35.5. The third-order valence-electron chi connectivity index (χ3n) is 6.71. The van der Waals surface area contributed by atoms with E-state index in [1.54, 1.807) is 31.5 Å². The normalized spacial score (nSPS) is 14.5. The molecule has 0 amide bonds. The van der Waals surface area contributed by atoms with Gasteiger partial charge < -0.3 is 15.1 Å². The van der Waals surface area contributed by atoms with Crippen LogP contribution in [0.5, 0.6) is 0 Å². The zero-order valence-electron chi connectivity index (χ0n) is 20.3. The highest BCUT2D eigenvalue weighted by Gasteiger charge is 2.20. The van der Waals surface area contributed by atoms with Gasteiger partial charge in [0.05, 0.1) is 16.1 Å². The van der Waals surface area contributed by atoms with Crippen molar-refractivity contribution in [2.24, 2.45) is 0 Å². The van der Waals surface area contributed by atoms with Gasteiger partial charge in [-0.2, -0.15) is 0 Å². The fourth-order valence-electron chi connectivity index (χ4n) is 4.73. The average molecular weight is 519 g/mol. The molecule has 1 aliphatic rings. The van der Waals surface area contributed by atoms with E-state index in [4.69, 9.17) is 11.6 Å². The Hall–Kier alpha value is -4.02. The molecule has 0 unspecified atom stereocenters. The molecule has 6 rings (SSSR count). The molecule has 0 saturated carbocycles. The molecular weight excluding hydrogens is 495 g/mol. The number of likely N-dealkylation sites (N-methyl/N-ethyl adjacent to an activating group) is 1. The molecule has 1 N–H and O–H groups in total. The maximum absolute atomic E-state index is 14.8. The number of halogens is 2. The van der Waals surface area contributed by atoms with Crippen LogP contribution in [0, 0.1) is 12.7 Å². The lowest BCUT2D eigenvalue weighted by atomic mass is 10.2. The van der Waals surface area contributed by atoms with Crippen LogP contribution in [0.1, 0.15) is 5.56 Å². The zero-order valence-corrected chi connectivity index (χ0v) is 21.1. The van der Waals surface area contributed by atoms with E-state index in [1.165, 1.54) is 21.5 Å². The van der Waals surface area contributed by atoms with Gasteiger partial charge in [-0.1, -0.05) is 23.7 Å². The molecule has 5 aromatic rings. The maximum atomic E-state index is 14.8. The number of aryl methyl sites for hydroxylation is 1. The molecule has 3 aromatic heterocycles. The molecule has 0 bridgehead atoms.